The molecule has 1 aliphatic rings. The first-order valence-electron chi connectivity index (χ1n) is 4.85. The van der Waals surface area contributed by atoms with Gasteiger partial charge in [-0.1, -0.05) is 18.7 Å². The van der Waals surface area contributed by atoms with Gasteiger partial charge in [0, 0.05) is 0 Å². The lowest BCUT2D eigenvalue weighted by molar-refractivity contribution is -0.137. The van der Waals surface area contributed by atoms with Crippen molar-refractivity contribution in [3.8, 4) is 0 Å². The van der Waals surface area contributed by atoms with E-state index in [2.05, 4.69) is 6.58 Å². The summed E-state index contributed by atoms with van der Waals surface area (Å²) in [5.41, 5.74) is 1.18. The third-order valence-electron chi connectivity index (χ3n) is 2.65. The molecule has 1 aliphatic carbocycles. The summed E-state index contributed by atoms with van der Waals surface area (Å²) in [6.45, 7) is 3.90. The van der Waals surface area contributed by atoms with E-state index in [1.165, 1.54) is 12.1 Å². The highest BCUT2D eigenvalue weighted by atomic mass is 19.4. The lowest BCUT2D eigenvalue weighted by atomic mass is 10.0. The van der Waals surface area contributed by atoms with Crippen molar-refractivity contribution in [1.29, 1.82) is 0 Å². The standard InChI is InChI=1S/C12H11F3/c1-8(9-2-3-9)10-4-6-11(7-5-10)12(13,14)15/h4-7,9H,1-3H2. The van der Waals surface area contributed by atoms with Crippen molar-refractivity contribution in [1.82, 2.24) is 0 Å². The summed E-state index contributed by atoms with van der Waals surface area (Å²) in [4.78, 5) is 0. The molecule has 1 saturated carbocycles. The van der Waals surface area contributed by atoms with E-state index in [1.54, 1.807) is 0 Å². The zero-order chi connectivity index (χ0) is 11.1. The van der Waals surface area contributed by atoms with Crippen molar-refractivity contribution in [2.45, 2.75) is 19.0 Å². The summed E-state index contributed by atoms with van der Waals surface area (Å²) >= 11 is 0. The minimum Gasteiger partial charge on any atom is -0.166 e. The monoisotopic (exact) mass is 212 g/mol. The SMILES string of the molecule is C=C(c1ccc(C(F)(F)F)cc1)C1CC1. The Morgan fingerprint density at radius 2 is 1.67 bits per heavy atom. The van der Waals surface area contributed by atoms with Crippen LogP contribution >= 0.6 is 0 Å². The largest absolute Gasteiger partial charge is 0.416 e. The maximum Gasteiger partial charge on any atom is 0.416 e. The molecule has 2 rings (SSSR count). The smallest absolute Gasteiger partial charge is 0.166 e. The van der Waals surface area contributed by atoms with Gasteiger partial charge in [0.2, 0.25) is 0 Å². The molecule has 3 heteroatoms. The molecule has 0 aromatic heterocycles. The molecule has 0 spiro atoms. The summed E-state index contributed by atoms with van der Waals surface area (Å²) in [6, 6.07) is 5.23. The Morgan fingerprint density at radius 1 is 1.13 bits per heavy atom. The fourth-order valence-electron chi connectivity index (χ4n) is 1.54. The van der Waals surface area contributed by atoms with Gasteiger partial charge in [0.15, 0.2) is 0 Å². The third-order valence-corrected chi connectivity index (χ3v) is 2.65. The minimum absolute atomic E-state index is 0.488. The maximum absolute atomic E-state index is 12.3. The average molecular weight is 212 g/mol. The first kappa shape index (κ1) is 10.3. The molecule has 0 unspecified atom stereocenters. The summed E-state index contributed by atoms with van der Waals surface area (Å²) < 4.78 is 36.8. The Morgan fingerprint density at radius 3 is 2.07 bits per heavy atom. The van der Waals surface area contributed by atoms with Crippen LogP contribution < -0.4 is 0 Å². The van der Waals surface area contributed by atoms with Gasteiger partial charge in [0.05, 0.1) is 5.56 Å². The van der Waals surface area contributed by atoms with Crippen LogP contribution in [0.1, 0.15) is 24.0 Å². The normalized spacial score (nSPS) is 16.5. The van der Waals surface area contributed by atoms with Crippen LogP contribution in [0.25, 0.3) is 5.57 Å². The molecule has 80 valence electrons. The van der Waals surface area contributed by atoms with Crippen molar-refractivity contribution < 1.29 is 13.2 Å². The fourth-order valence-corrected chi connectivity index (χ4v) is 1.54. The first-order chi connectivity index (χ1) is 6.98. The molecule has 1 aromatic rings. The highest BCUT2D eigenvalue weighted by Crippen LogP contribution is 2.41. The second-order valence-corrected chi connectivity index (χ2v) is 3.87. The molecule has 0 nitrogen and oxygen atoms in total. The van der Waals surface area contributed by atoms with Crippen LogP contribution in [-0.4, -0.2) is 0 Å². The Balaban J connectivity index is 2.20. The van der Waals surface area contributed by atoms with E-state index in [0.717, 1.165) is 36.1 Å². The second kappa shape index (κ2) is 3.40. The van der Waals surface area contributed by atoms with Gasteiger partial charge in [-0.3, -0.25) is 0 Å². The summed E-state index contributed by atoms with van der Waals surface area (Å²) in [5.74, 6) is 0.488. The van der Waals surface area contributed by atoms with Crippen LogP contribution in [0.3, 0.4) is 0 Å². The quantitative estimate of drug-likeness (QED) is 0.691. The fraction of sp³-hybridized carbons (Fsp3) is 0.333. The van der Waals surface area contributed by atoms with Gasteiger partial charge in [-0.15, -0.1) is 0 Å². The van der Waals surface area contributed by atoms with E-state index >= 15 is 0 Å². The van der Waals surface area contributed by atoms with Crippen molar-refractivity contribution in [2.24, 2.45) is 5.92 Å². The van der Waals surface area contributed by atoms with E-state index in [0.29, 0.717) is 5.92 Å². The lowest BCUT2D eigenvalue weighted by Crippen LogP contribution is -2.04. The molecule has 0 bridgehead atoms. The molecule has 0 atom stereocenters. The molecule has 1 fully saturated rings. The molecule has 15 heavy (non-hydrogen) atoms. The van der Waals surface area contributed by atoms with E-state index in [4.69, 9.17) is 0 Å². The van der Waals surface area contributed by atoms with Crippen molar-refractivity contribution in [2.75, 3.05) is 0 Å². The van der Waals surface area contributed by atoms with E-state index in [-0.39, 0.29) is 0 Å². The summed E-state index contributed by atoms with van der Waals surface area (Å²) in [6.07, 6.45) is -2.03. The number of hydrogen-bond acceptors (Lipinski definition) is 0. The zero-order valence-electron chi connectivity index (χ0n) is 8.14. The molecular formula is C12H11F3. The molecule has 0 amide bonds. The maximum atomic E-state index is 12.3. The van der Waals surface area contributed by atoms with Crippen LogP contribution in [0.5, 0.6) is 0 Å². The number of hydrogen-bond donors (Lipinski definition) is 0. The van der Waals surface area contributed by atoms with Crippen LogP contribution in [0.15, 0.2) is 30.8 Å². The van der Waals surface area contributed by atoms with Crippen molar-refractivity contribution in [3.05, 3.63) is 42.0 Å². The zero-order valence-corrected chi connectivity index (χ0v) is 8.14. The number of rotatable bonds is 2. The van der Waals surface area contributed by atoms with E-state index in [1.807, 2.05) is 0 Å². The van der Waals surface area contributed by atoms with E-state index < -0.39 is 11.7 Å². The Kier molecular flexibility index (Phi) is 2.33. The van der Waals surface area contributed by atoms with E-state index in [9.17, 15) is 13.2 Å². The predicted molar refractivity (Wildman–Crippen MR) is 53.2 cm³/mol. The van der Waals surface area contributed by atoms with Gasteiger partial charge in [0.1, 0.15) is 0 Å². The van der Waals surface area contributed by atoms with Crippen LogP contribution in [0.2, 0.25) is 0 Å². The van der Waals surface area contributed by atoms with Crippen LogP contribution in [0, 0.1) is 5.92 Å². The molecule has 0 heterocycles. The topological polar surface area (TPSA) is 0 Å². The molecule has 0 aliphatic heterocycles. The molecular weight excluding hydrogens is 201 g/mol. The number of benzene rings is 1. The third kappa shape index (κ3) is 2.22. The predicted octanol–water partition coefficient (Wildman–Crippen LogP) is 4.13. The van der Waals surface area contributed by atoms with Gasteiger partial charge < -0.3 is 0 Å². The summed E-state index contributed by atoms with van der Waals surface area (Å²) in [5, 5.41) is 0. The summed E-state index contributed by atoms with van der Waals surface area (Å²) in [7, 11) is 0. The number of allylic oxidation sites excluding steroid dienone is 1. The Hall–Kier alpha value is -1.25. The first-order valence-corrected chi connectivity index (χ1v) is 4.85. The molecule has 0 radical (unpaired) electrons. The highest BCUT2D eigenvalue weighted by Gasteiger charge is 2.30. The Bertz CT molecular complexity index is 369. The average Bonchev–Trinajstić information content (AvgIpc) is 2.99. The lowest BCUT2D eigenvalue weighted by Gasteiger charge is -2.08. The van der Waals surface area contributed by atoms with Crippen molar-refractivity contribution in [3.63, 3.8) is 0 Å². The second-order valence-electron chi connectivity index (χ2n) is 3.87. The van der Waals surface area contributed by atoms with Gasteiger partial charge >= 0.3 is 6.18 Å². The van der Waals surface area contributed by atoms with Gasteiger partial charge in [-0.2, -0.15) is 13.2 Å². The van der Waals surface area contributed by atoms with Gasteiger partial charge in [0.25, 0.3) is 0 Å². The minimum atomic E-state index is -4.25. The van der Waals surface area contributed by atoms with Crippen molar-refractivity contribution >= 4 is 5.57 Å². The number of halogens is 3. The van der Waals surface area contributed by atoms with Crippen LogP contribution in [-0.2, 0) is 6.18 Å². The highest BCUT2D eigenvalue weighted by molar-refractivity contribution is 5.67. The van der Waals surface area contributed by atoms with Gasteiger partial charge in [-0.25, -0.2) is 0 Å². The number of alkyl halides is 3. The van der Waals surface area contributed by atoms with Crippen LogP contribution in [0.4, 0.5) is 13.2 Å². The molecule has 1 aromatic carbocycles. The Labute approximate surface area is 86.4 Å². The molecule has 0 N–H and O–H groups in total. The van der Waals surface area contributed by atoms with Gasteiger partial charge in [-0.05, 0) is 42.0 Å². The molecule has 0 saturated heterocycles.